The Morgan fingerprint density at radius 3 is 2.23 bits per heavy atom. The Labute approximate surface area is 159 Å². The lowest BCUT2D eigenvalue weighted by molar-refractivity contribution is -0.141. The van der Waals surface area contributed by atoms with Crippen molar-refractivity contribution in [1.29, 1.82) is 0 Å². The van der Waals surface area contributed by atoms with Crippen molar-refractivity contribution >= 4 is 11.8 Å². The zero-order valence-electron chi connectivity index (χ0n) is 17.2. The highest BCUT2D eigenvalue weighted by Gasteiger charge is 2.49. The van der Waals surface area contributed by atoms with Gasteiger partial charge in [-0.3, -0.25) is 9.59 Å². The second kappa shape index (κ2) is 8.31. The van der Waals surface area contributed by atoms with Crippen LogP contribution in [0.3, 0.4) is 0 Å². The molecule has 0 bridgehead atoms. The zero-order valence-corrected chi connectivity index (χ0v) is 17.2. The minimum absolute atomic E-state index is 0.0226. The summed E-state index contributed by atoms with van der Waals surface area (Å²) in [4.78, 5) is 28.3. The molecule has 4 heteroatoms. The zero-order chi connectivity index (χ0) is 18.8. The first-order valence-electron chi connectivity index (χ1n) is 11.0. The van der Waals surface area contributed by atoms with Crippen LogP contribution < -0.4 is 5.32 Å². The molecule has 0 spiro atoms. The van der Waals surface area contributed by atoms with Crippen molar-refractivity contribution in [3.63, 3.8) is 0 Å². The van der Waals surface area contributed by atoms with Crippen molar-refractivity contribution in [2.75, 3.05) is 6.54 Å². The number of nitrogens with zero attached hydrogens (tertiary/aromatic N) is 1. The Morgan fingerprint density at radius 2 is 1.62 bits per heavy atom. The van der Waals surface area contributed by atoms with Crippen molar-refractivity contribution in [2.45, 2.75) is 91.1 Å². The van der Waals surface area contributed by atoms with Gasteiger partial charge >= 0.3 is 0 Å². The molecule has 1 saturated heterocycles. The Hall–Kier alpha value is -1.06. The van der Waals surface area contributed by atoms with Crippen molar-refractivity contribution in [3.8, 4) is 0 Å². The molecule has 3 unspecified atom stereocenters. The predicted molar refractivity (Wildman–Crippen MR) is 105 cm³/mol. The first-order chi connectivity index (χ1) is 12.4. The maximum absolute atomic E-state index is 13.7. The minimum Gasteiger partial charge on any atom is -0.344 e. The molecule has 4 atom stereocenters. The van der Waals surface area contributed by atoms with Gasteiger partial charge in [0, 0.05) is 18.5 Å². The number of likely N-dealkylation sites (tertiary alicyclic amines) is 1. The smallest absolute Gasteiger partial charge is 0.245 e. The van der Waals surface area contributed by atoms with Gasteiger partial charge in [0.25, 0.3) is 0 Å². The van der Waals surface area contributed by atoms with Crippen molar-refractivity contribution in [1.82, 2.24) is 10.2 Å². The molecule has 148 valence electrons. The summed E-state index contributed by atoms with van der Waals surface area (Å²) in [6.07, 6.45) is 9.63. The third-order valence-electron chi connectivity index (χ3n) is 7.12. The second-order valence-corrected chi connectivity index (χ2v) is 9.62. The molecule has 2 amide bonds. The van der Waals surface area contributed by atoms with Gasteiger partial charge in [0.2, 0.25) is 11.8 Å². The molecule has 4 nitrogen and oxygen atoms in total. The monoisotopic (exact) mass is 362 g/mol. The third-order valence-corrected chi connectivity index (χ3v) is 7.12. The highest BCUT2D eigenvalue weighted by atomic mass is 16.2. The normalized spacial score (nSPS) is 30.7. The van der Waals surface area contributed by atoms with Crippen LogP contribution in [-0.2, 0) is 9.59 Å². The van der Waals surface area contributed by atoms with E-state index < -0.39 is 0 Å². The van der Waals surface area contributed by atoms with Crippen LogP contribution in [0.4, 0.5) is 0 Å². The van der Waals surface area contributed by atoms with Crippen LogP contribution in [0.25, 0.3) is 0 Å². The van der Waals surface area contributed by atoms with E-state index in [1.165, 1.54) is 38.5 Å². The number of fused-ring (bicyclic) bond motifs is 1. The molecule has 26 heavy (non-hydrogen) atoms. The molecule has 2 saturated carbocycles. The fourth-order valence-corrected chi connectivity index (χ4v) is 5.79. The van der Waals surface area contributed by atoms with E-state index in [0.29, 0.717) is 29.7 Å². The quantitative estimate of drug-likeness (QED) is 0.804. The molecule has 0 aromatic rings. The van der Waals surface area contributed by atoms with Crippen LogP contribution in [0.2, 0.25) is 0 Å². The molecular weight excluding hydrogens is 324 g/mol. The van der Waals surface area contributed by atoms with E-state index in [0.717, 1.165) is 19.4 Å². The molecule has 3 fully saturated rings. The van der Waals surface area contributed by atoms with Crippen LogP contribution in [0.1, 0.15) is 79.1 Å². The molecule has 0 radical (unpaired) electrons. The highest BCUT2D eigenvalue weighted by molar-refractivity contribution is 5.89. The van der Waals surface area contributed by atoms with Crippen LogP contribution in [0.15, 0.2) is 0 Å². The average Bonchev–Trinajstić information content (AvgIpc) is 3.19. The summed E-state index contributed by atoms with van der Waals surface area (Å²) in [7, 11) is 0. The van der Waals surface area contributed by atoms with Crippen molar-refractivity contribution < 1.29 is 9.59 Å². The summed E-state index contributed by atoms with van der Waals surface area (Å²) >= 11 is 0. The van der Waals surface area contributed by atoms with Gasteiger partial charge in [0.15, 0.2) is 0 Å². The molecule has 1 N–H and O–H groups in total. The number of carbonyl (C=O) groups is 2. The summed E-state index contributed by atoms with van der Waals surface area (Å²) in [5, 5.41) is 3.16. The summed E-state index contributed by atoms with van der Waals surface area (Å²) in [5.41, 5.74) is 0. The van der Waals surface area contributed by atoms with E-state index >= 15 is 0 Å². The van der Waals surface area contributed by atoms with E-state index in [-0.39, 0.29) is 23.8 Å². The topological polar surface area (TPSA) is 49.4 Å². The van der Waals surface area contributed by atoms with Gasteiger partial charge in [0.1, 0.15) is 6.04 Å². The first-order valence-corrected chi connectivity index (χ1v) is 11.0. The minimum atomic E-state index is -0.315. The molecule has 3 aliphatic rings. The molecule has 0 aromatic heterocycles. The van der Waals surface area contributed by atoms with Gasteiger partial charge < -0.3 is 10.2 Å². The summed E-state index contributed by atoms with van der Waals surface area (Å²) < 4.78 is 0. The fourth-order valence-electron chi connectivity index (χ4n) is 5.79. The fraction of sp³-hybridized carbons (Fsp3) is 0.909. The van der Waals surface area contributed by atoms with E-state index in [4.69, 9.17) is 0 Å². The van der Waals surface area contributed by atoms with Gasteiger partial charge in [-0.25, -0.2) is 0 Å². The molecular formula is C22H38N2O2. The number of carbonyl (C=O) groups excluding carboxylic acids is 2. The van der Waals surface area contributed by atoms with E-state index in [9.17, 15) is 9.59 Å². The highest BCUT2D eigenvalue weighted by Crippen LogP contribution is 2.45. The van der Waals surface area contributed by atoms with Gasteiger partial charge in [-0.1, -0.05) is 53.4 Å². The predicted octanol–water partition coefficient (Wildman–Crippen LogP) is 3.99. The number of nitrogens with one attached hydrogen (secondary N) is 1. The van der Waals surface area contributed by atoms with Gasteiger partial charge in [-0.05, 0) is 49.4 Å². The van der Waals surface area contributed by atoms with E-state index in [2.05, 4.69) is 24.1 Å². The summed E-state index contributed by atoms with van der Waals surface area (Å²) in [6.45, 7) is 9.25. The molecule has 3 rings (SSSR count). The second-order valence-electron chi connectivity index (χ2n) is 9.62. The molecule has 1 heterocycles. The maximum Gasteiger partial charge on any atom is 0.245 e. The molecule has 2 aliphatic carbocycles. The number of hydrogen-bond acceptors (Lipinski definition) is 2. The third kappa shape index (κ3) is 3.94. The lowest BCUT2D eigenvalue weighted by Crippen LogP contribution is -2.55. The van der Waals surface area contributed by atoms with Crippen molar-refractivity contribution in [3.05, 3.63) is 0 Å². The molecule has 0 aromatic carbocycles. The number of rotatable bonds is 5. The van der Waals surface area contributed by atoms with E-state index in [1.807, 2.05) is 13.8 Å². The Morgan fingerprint density at radius 1 is 0.923 bits per heavy atom. The number of amides is 2. The van der Waals surface area contributed by atoms with Crippen LogP contribution >= 0.6 is 0 Å². The SMILES string of the molecule is CC(C)C(=O)N[C@H](C(=O)N1CC2CCCC2C1C(C)C)C1CCCCC1. The lowest BCUT2D eigenvalue weighted by Gasteiger charge is -2.37. The van der Waals surface area contributed by atoms with Crippen LogP contribution in [-0.4, -0.2) is 35.3 Å². The lowest BCUT2D eigenvalue weighted by atomic mass is 9.82. The maximum atomic E-state index is 13.7. The van der Waals surface area contributed by atoms with E-state index in [1.54, 1.807) is 0 Å². The number of hydrogen-bond donors (Lipinski definition) is 1. The van der Waals surface area contributed by atoms with Crippen LogP contribution in [0.5, 0.6) is 0 Å². The van der Waals surface area contributed by atoms with Gasteiger partial charge in [-0.2, -0.15) is 0 Å². The Bertz CT molecular complexity index is 510. The largest absolute Gasteiger partial charge is 0.344 e. The van der Waals surface area contributed by atoms with Gasteiger partial charge in [-0.15, -0.1) is 0 Å². The van der Waals surface area contributed by atoms with Gasteiger partial charge in [0.05, 0.1) is 0 Å². The summed E-state index contributed by atoms with van der Waals surface area (Å²) in [6, 6.07) is 0.0438. The average molecular weight is 363 g/mol. The first kappa shape index (κ1) is 19.7. The van der Waals surface area contributed by atoms with Crippen LogP contribution in [0, 0.1) is 29.6 Å². The Kier molecular flexibility index (Phi) is 6.29. The van der Waals surface area contributed by atoms with Crippen molar-refractivity contribution in [2.24, 2.45) is 29.6 Å². The summed E-state index contributed by atoms with van der Waals surface area (Å²) in [5.74, 6) is 2.30. The Balaban J connectivity index is 1.80. The molecule has 1 aliphatic heterocycles. The standard InChI is InChI=1S/C22H38N2O2/c1-14(2)20-18-12-8-11-17(18)13-24(20)22(26)19(23-21(25)15(3)4)16-9-6-5-7-10-16/h14-20H,5-13H2,1-4H3,(H,23,25)/t17?,18?,19-,20?/m0/s1.